The van der Waals surface area contributed by atoms with Gasteiger partial charge in [0.1, 0.15) is 5.82 Å². The Balaban J connectivity index is 2.34. The Labute approximate surface area is 156 Å². The third kappa shape index (κ3) is 3.74. The molecule has 2 aromatic heterocycles. The molecule has 0 aliphatic heterocycles. The van der Waals surface area contributed by atoms with Gasteiger partial charge in [0, 0.05) is 23.7 Å². The van der Waals surface area contributed by atoms with Crippen molar-refractivity contribution in [2.45, 2.75) is 11.2 Å². The SMILES string of the molecule is CS(=O)(=O)c1nn(-c2ncccn2)c(N)c1-c1cc(Cl)cc(C(F)(F)F)c1. The van der Waals surface area contributed by atoms with Crippen molar-refractivity contribution in [3.05, 3.63) is 47.2 Å². The minimum atomic E-state index is -4.68. The second-order valence-corrected chi connectivity index (χ2v) is 7.89. The number of nitrogens with two attached hydrogens (primary N) is 1. The second-order valence-electron chi connectivity index (χ2n) is 5.52. The standard InChI is InChI=1S/C15H11ClF3N5O2S/c1-27(25,26)13-11(8-5-9(15(17,18)19)7-10(16)6-8)12(20)24(23-13)14-21-3-2-4-22-14/h2-7H,20H2,1H3. The third-order valence-electron chi connectivity index (χ3n) is 3.50. The molecule has 2 heterocycles. The molecule has 0 bridgehead atoms. The zero-order chi connectivity index (χ0) is 20.0. The smallest absolute Gasteiger partial charge is 0.383 e. The number of hydrogen-bond donors (Lipinski definition) is 1. The molecule has 0 unspecified atom stereocenters. The highest BCUT2D eigenvalue weighted by Crippen LogP contribution is 2.39. The Bertz CT molecular complexity index is 1110. The van der Waals surface area contributed by atoms with Crippen LogP contribution in [0.2, 0.25) is 5.02 Å². The maximum Gasteiger partial charge on any atom is 0.416 e. The van der Waals surface area contributed by atoms with Gasteiger partial charge in [0.25, 0.3) is 5.95 Å². The van der Waals surface area contributed by atoms with Crippen molar-refractivity contribution in [3.63, 3.8) is 0 Å². The molecule has 0 spiro atoms. The summed E-state index contributed by atoms with van der Waals surface area (Å²) in [7, 11) is -3.94. The van der Waals surface area contributed by atoms with E-state index in [2.05, 4.69) is 15.1 Å². The highest BCUT2D eigenvalue weighted by Gasteiger charge is 2.33. The summed E-state index contributed by atoms with van der Waals surface area (Å²) in [6.07, 6.45) is -1.06. The summed E-state index contributed by atoms with van der Waals surface area (Å²) in [5, 5.41) is 3.16. The zero-order valence-electron chi connectivity index (χ0n) is 13.6. The molecule has 0 fully saturated rings. The highest BCUT2D eigenvalue weighted by atomic mass is 35.5. The fourth-order valence-electron chi connectivity index (χ4n) is 2.39. The largest absolute Gasteiger partial charge is 0.416 e. The number of nitrogen functional groups attached to an aromatic ring is 1. The topological polar surface area (TPSA) is 104 Å². The van der Waals surface area contributed by atoms with E-state index < -0.39 is 26.6 Å². The van der Waals surface area contributed by atoms with Crippen LogP contribution in [0.1, 0.15) is 5.56 Å². The van der Waals surface area contributed by atoms with E-state index in [1.807, 2.05) is 0 Å². The Morgan fingerprint density at radius 3 is 2.33 bits per heavy atom. The first kappa shape index (κ1) is 19.1. The van der Waals surface area contributed by atoms with Crippen LogP contribution >= 0.6 is 11.6 Å². The van der Waals surface area contributed by atoms with E-state index in [4.69, 9.17) is 17.3 Å². The van der Waals surface area contributed by atoms with Gasteiger partial charge >= 0.3 is 6.18 Å². The monoisotopic (exact) mass is 417 g/mol. The Hall–Kier alpha value is -2.66. The number of nitrogens with zero attached hydrogens (tertiary/aromatic N) is 4. The summed E-state index contributed by atoms with van der Waals surface area (Å²) in [6, 6.07) is 4.18. The van der Waals surface area contributed by atoms with E-state index in [1.54, 1.807) is 0 Å². The molecule has 3 aromatic rings. The normalized spacial score (nSPS) is 12.3. The predicted octanol–water partition coefficient (Wildman–Crippen LogP) is 2.99. The molecule has 0 saturated heterocycles. The van der Waals surface area contributed by atoms with E-state index in [9.17, 15) is 21.6 Å². The number of alkyl halides is 3. The first-order valence-corrected chi connectivity index (χ1v) is 9.49. The lowest BCUT2D eigenvalue weighted by atomic mass is 10.0. The van der Waals surface area contributed by atoms with E-state index in [1.165, 1.54) is 24.5 Å². The molecule has 7 nitrogen and oxygen atoms in total. The minimum absolute atomic E-state index is 0.0378. The molecule has 0 aliphatic rings. The van der Waals surface area contributed by atoms with Crippen molar-refractivity contribution in [1.29, 1.82) is 0 Å². The van der Waals surface area contributed by atoms with Crippen molar-refractivity contribution in [2.75, 3.05) is 12.0 Å². The number of halogens is 4. The van der Waals surface area contributed by atoms with Gasteiger partial charge in [-0.3, -0.25) is 0 Å². The van der Waals surface area contributed by atoms with Crippen molar-refractivity contribution >= 4 is 27.3 Å². The number of anilines is 1. The van der Waals surface area contributed by atoms with Crippen LogP contribution in [0, 0.1) is 0 Å². The lowest BCUT2D eigenvalue weighted by Crippen LogP contribution is -2.07. The number of aromatic nitrogens is 4. The minimum Gasteiger partial charge on any atom is -0.383 e. The van der Waals surface area contributed by atoms with Crippen molar-refractivity contribution in [1.82, 2.24) is 19.7 Å². The summed E-state index contributed by atoms with van der Waals surface area (Å²) in [6.45, 7) is 0. The van der Waals surface area contributed by atoms with Crippen molar-refractivity contribution < 1.29 is 21.6 Å². The maximum atomic E-state index is 13.1. The zero-order valence-corrected chi connectivity index (χ0v) is 15.1. The van der Waals surface area contributed by atoms with Crippen molar-refractivity contribution in [3.8, 4) is 17.1 Å². The van der Waals surface area contributed by atoms with E-state index in [0.717, 1.165) is 23.1 Å². The van der Waals surface area contributed by atoms with Crippen LogP contribution in [0.5, 0.6) is 0 Å². The number of benzene rings is 1. The molecule has 0 amide bonds. The summed E-state index contributed by atoms with van der Waals surface area (Å²) in [5.74, 6) is -0.277. The van der Waals surface area contributed by atoms with Crippen LogP contribution in [0.25, 0.3) is 17.1 Å². The van der Waals surface area contributed by atoms with E-state index in [-0.39, 0.29) is 27.9 Å². The summed E-state index contributed by atoms with van der Waals surface area (Å²) in [4.78, 5) is 7.85. The van der Waals surface area contributed by atoms with Crippen LogP contribution in [-0.4, -0.2) is 34.4 Å². The maximum absolute atomic E-state index is 13.1. The second kappa shape index (κ2) is 6.50. The van der Waals surface area contributed by atoms with Gasteiger partial charge in [0.2, 0.25) is 0 Å². The van der Waals surface area contributed by atoms with Gasteiger partial charge in [-0.1, -0.05) is 11.6 Å². The molecule has 0 saturated carbocycles. The van der Waals surface area contributed by atoms with E-state index >= 15 is 0 Å². The average molecular weight is 418 g/mol. The average Bonchev–Trinajstić information content (AvgIpc) is 2.92. The van der Waals surface area contributed by atoms with Gasteiger partial charge in [-0.25, -0.2) is 18.4 Å². The van der Waals surface area contributed by atoms with Gasteiger partial charge < -0.3 is 5.73 Å². The molecular formula is C15H11ClF3N5O2S. The first-order valence-electron chi connectivity index (χ1n) is 7.22. The molecule has 0 atom stereocenters. The molecule has 27 heavy (non-hydrogen) atoms. The van der Waals surface area contributed by atoms with Crippen LogP contribution in [-0.2, 0) is 16.0 Å². The molecule has 0 aliphatic carbocycles. The molecule has 3 rings (SSSR count). The number of sulfone groups is 1. The van der Waals surface area contributed by atoms with Crippen LogP contribution < -0.4 is 5.73 Å². The molecule has 142 valence electrons. The lowest BCUT2D eigenvalue weighted by Gasteiger charge is -2.10. The van der Waals surface area contributed by atoms with Gasteiger partial charge in [0.05, 0.1) is 11.1 Å². The van der Waals surface area contributed by atoms with Crippen molar-refractivity contribution in [2.24, 2.45) is 0 Å². The summed E-state index contributed by atoms with van der Waals surface area (Å²) < 4.78 is 64.6. The fraction of sp³-hybridized carbons (Fsp3) is 0.133. The lowest BCUT2D eigenvalue weighted by molar-refractivity contribution is -0.137. The quantitative estimate of drug-likeness (QED) is 0.702. The molecule has 1 aromatic carbocycles. The Morgan fingerprint density at radius 1 is 1.15 bits per heavy atom. The molecule has 2 N–H and O–H groups in total. The van der Waals surface area contributed by atoms with Crippen LogP contribution in [0.15, 0.2) is 41.7 Å². The molecular weight excluding hydrogens is 407 g/mol. The number of rotatable bonds is 3. The van der Waals surface area contributed by atoms with Crippen LogP contribution in [0.4, 0.5) is 19.0 Å². The Kier molecular flexibility index (Phi) is 4.60. The van der Waals surface area contributed by atoms with Gasteiger partial charge in [-0.15, -0.1) is 0 Å². The van der Waals surface area contributed by atoms with Gasteiger partial charge in [0.15, 0.2) is 14.9 Å². The first-order chi connectivity index (χ1) is 12.5. The van der Waals surface area contributed by atoms with E-state index in [0.29, 0.717) is 0 Å². The summed E-state index contributed by atoms with van der Waals surface area (Å²) >= 11 is 5.81. The predicted molar refractivity (Wildman–Crippen MR) is 92.1 cm³/mol. The van der Waals surface area contributed by atoms with Crippen LogP contribution in [0.3, 0.4) is 0 Å². The third-order valence-corrected chi connectivity index (χ3v) is 4.70. The molecule has 12 heteroatoms. The summed E-state index contributed by atoms with van der Waals surface area (Å²) in [5.41, 5.74) is 4.60. The highest BCUT2D eigenvalue weighted by molar-refractivity contribution is 7.90. The van der Waals surface area contributed by atoms with Gasteiger partial charge in [-0.05, 0) is 29.8 Å². The Morgan fingerprint density at radius 2 is 1.78 bits per heavy atom. The number of hydrogen-bond acceptors (Lipinski definition) is 6. The fourth-order valence-corrected chi connectivity index (χ4v) is 3.45. The molecule has 0 radical (unpaired) electrons. The van der Waals surface area contributed by atoms with Gasteiger partial charge in [-0.2, -0.15) is 23.0 Å².